The predicted octanol–water partition coefficient (Wildman–Crippen LogP) is 5.08. The number of unbranched alkanes of at least 4 members (excludes halogenated alkanes) is 2. The molecule has 0 aliphatic heterocycles. The Bertz CT molecular complexity index is 490. The van der Waals surface area contributed by atoms with Gasteiger partial charge in [0.1, 0.15) is 18.4 Å². The summed E-state index contributed by atoms with van der Waals surface area (Å²) in [4.78, 5) is 3.22. The van der Waals surface area contributed by atoms with E-state index in [1.807, 2.05) is 6.20 Å². The minimum atomic E-state index is 0.605. The molecule has 0 spiro atoms. The highest BCUT2D eigenvalue weighted by Crippen LogP contribution is 2.27. The Balaban J connectivity index is 2.13. The molecule has 1 N–H and O–H groups in total. The summed E-state index contributed by atoms with van der Waals surface area (Å²) >= 11 is 0. The molecule has 1 heterocycles. The van der Waals surface area contributed by atoms with Crippen LogP contribution in [0, 0.1) is 5.92 Å². The molecule has 2 nitrogen and oxygen atoms in total. The van der Waals surface area contributed by atoms with Crippen LogP contribution < -0.4 is 4.57 Å². The summed E-state index contributed by atoms with van der Waals surface area (Å²) in [5, 5.41) is 0. The zero-order chi connectivity index (χ0) is 15.6. The molecule has 2 atom stereocenters. The molecule has 1 aromatic heterocycles. The first-order valence-corrected chi connectivity index (χ1v) is 8.92. The Kier molecular flexibility index (Phi) is 7.21. The average molecular weight is 299 g/mol. The van der Waals surface area contributed by atoms with Crippen molar-refractivity contribution in [2.24, 2.45) is 5.92 Å². The van der Waals surface area contributed by atoms with Crippen molar-refractivity contribution in [3.63, 3.8) is 0 Å². The van der Waals surface area contributed by atoms with Gasteiger partial charge in [0.25, 0.3) is 0 Å². The molecule has 0 saturated carbocycles. The van der Waals surface area contributed by atoms with E-state index >= 15 is 0 Å². The topological polar surface area (TPSA) is 19.7 Å². The average Bonchev–Trinajstić information content (AvgIpc) is 3.07. The van der Waals surface area contributed by atoms with Gasteiger partial charge in [-0.05, 0) is 24.8 Å². The highest BCUT2D eigenvalue weighted by Gasteiger charge is 2.25. The maximum atomic E-state index is 3.22. The van der Waals surface area contributed by atoms with E-state index in [1.165, 1.54) is 50.5 Å². The van der Waals surface area contributed by atoms with Crippen molar-refractivity contribution in [3.05, 3.63) is 54.6 Å². The van der Waals surface area contributed by atoms with Gasteiger partial charge in [-0.3, -0.25) is 4.98 Å². The number of aromatic nitrogens is 2. The van der Waals surface area contributed by atoms with Crippen LogP contribution in [0.4, 0.5) is 0 Å². The van der Waals surface area contributed by atoms with E-state index < -0.39 is 0 Å². The fourth-order valence-corrected chi connectivity index (χ4v) is 3.44. The summed E-state index contributed by atoms with van der Waals surface area (Å²) in [6.07, 6.45) is 15.4. The molecule has 1 aromatic carbocycles. The van der Waals surface area contributed by atoms with E-state index in [9.17, 15) is 0 Å². The van der Waals surface area contributed by atoms with Gasteiger partial charge in [-0.1, -0.05) is 69.9 Å². The van der Waals surface area contributed by atoms with Gasteiger partial charge >= 0.3 is 0 Å². The number of rotatable bonds is 10. The predicted molar refractivity (Wildman–Crippen MR) is 92.7 cm³/mol. The zero-order valence-corrected chi connectivity index (χ0v) is 14.2. The van der Waals surface area contributed by atoms with E-state index in [-0.39, 0.29) is 0 Å². The number of aromatic amines is 1. The third-order valence-corrected chi connectivity index (χ3v) is 4.60. The van der Waals surface area contributed by atoms with Crippen molar-refractivity contribution in [1.29, 1.82) is 0 Å². The summed E-state index contributed by atoms with van der Waals surface area (Å²) in [5.74, 6) is 0.717. The number of nitrogens with zero attached hydrogens (tertiary/aromatic N) is 1. The second kappa shape index (κ2) is 9.45. The first kappa shape index (κ1) is 16.8. The van der Waals surface area contributed by atoms with Crippen molar-refractivity contribution < 1.29 is 4.57 Å². The molecule has 0 saturated heterocycles. The lowest BCUT2D eigenvalue weighted by atomic mass is 9.85. The van der Waals surface area contributed by atoms with Crippen LogP contribution in [0.1, 0.15) is 64.0 Å². The molecule has 0 bridgehead atoms. The van der Waals surface area contributed by atoms with Crippen LogP contribution in [-0.2, 0) is 6.42 Å². The van der Waals surface area contributed by atoms with E-state index in [0.717, 1.165) is 5.92 Å². The molecule has 2 rings (SSSR count). The van der Waals surface area contributed by atoms with Crippen LogP contribution in [0.2, 0.25) is 0 Å². The van der Waals surface area contributed by atoms with Gasteiger partial charge in [0.2, 0.25) is 6.33 Å². The molecule has 2 unspecified atom stereocenters. The fraction of sp³-hybridized carbons (Fsp3) is 0.550. The first-order valence-electron chi connectivity index (χ1n) is 8.92. The van der Waals surface area contributed by atoms with Crippen LogP contribution in [0.3, 0.4) is 0 Å². The van der Waals surface area contributed by atoms with Crippen molar-refractivity contribution >= 4 is 0 Å². The fourth-order valence-electron chi connectivity index (χ4n) is 3.44. The maximum absolute atomic E-state index is 3.22. The monoisotopic (exact) mass is 299 g/mol. The van der Waals surface area contributed by atoms with Gasteiger partial charge in [-0.15, -0.1) is 0 Å². The highest BCUT2D eigenvalue weighted by molar-refractivity contribution is 5.15. The van der Waals surface area contributed by atoms with Crippen molar-refractivity contribution in [2.45, 2.75) is 64.8 Å². The van der Waals surface area contributed by atoms with Gasteiger partial charge in [0, 0.05) is 5.92 Å². The minimum absolute atomic E-state index is 0.605. The first-order chi connectivity index (χ1) is 10.8. The zero-order valence-electron chi connectivity index (χ0n) is 14.2. The molecule has 0 amide bonds. The number of H-pyrrole nitrogens is 1. The molecule has 2 aromatic rings. The normalized spacial score (nSPS) is 13.9. The van der Waals surface area contributed by atoms with E-state index in [1.54, 1.807) is 0 Å². The van der Waals surface area contributed by atoms with Crippen LogP contribution in [0.15, 0.2) is 49.1 Å². The van der Waals surface area contributed by atoms with Gasteiger partial charge in [0.15, 0.2) is 0 Å². The summed E-state index contributed by atoms with van der Waals surface area (Å²) in [5.41, 5.74) is 1.47. The summed E-state index contributed by atoms with van der Waals surface area (Å²) in [6.45, 7) is 4.59. The molecule has 0 fully saturated rings. The summed E-state index contributed by atoms with van der Waals surface area (Å²) in [7, 11) is 0. The standard InChI is InChI=1S/C20H30N2/c1-3-5-7-13-19(16-18-11-8-6-9-12-18)20(10-4-2)22-15-14-21-17-22/h6,8-9,11-12,14-15,17,19-20H,3-5,7,10,13,16H2,1-2H3/p+1. The Morgan fingerprint density at radius 1 is 1.00 bits per heavy atom. The van der Waals surface area contributed by atoms with Crippen LogP contribution in [0.5, 0.6) is 0 Å². The van der Waals surface area contributed by atoms with E-state index in [2.05, 4.69) is 66.3 Å². The lowest BCUT2D eigenvalue weighted by Gasteiger charge is -2.25. The Morgan fingerprint density at radius 2 is 1.82 bits per heavy atom. The van der Waals surface area contributed by atoms with Crippen LogP contribution in [0.25, 0.3) is 0 Å². The summed E-state index contributed by atoms with van der Waals surface area (Å²) in [6, 6.07) is 11.6. The summed E-state index contributed by atoms with van der Waals surface area (Å²) < 4.78 is 2.39. The second-order valence-corrected chi connectivity index (χ2v) is 6.36. The number of hydrogen-bond donors (Lipinski definition) is 1. The Hall–Kier alpha value is -1.57. The van der Waals surface area contributed by atoms with E-state index in [0.29, 0.717) is 6.04 Å². The minimum Gasteiger partial charge on any atom is -0.250 e. The van der Waals surface area contributed by atoms with E-state index in [4.69, 9.17) is 0 Å². The van der Waals surface area contributed by atoms with Gasteiger partial charge in [0.05, 0.1) is 0 Å². The molecule has 22 heavy (non-hydrogen) atoms. The maximum Gasteiger partial charge on any atom is 0.241 e. The van der Waals surface area contributed by atoms with Crippen molar-refractivity contribution in [2.75, 3.05) is 0 Å². The van der Waals surface area contributed by atoms with Crippen molar-refractivity contribution in [3.8, 4) is 0 Å². The highest BCUT2D eigenvalue weighted by atomic mass is 15.1. The molecule has 0 aliphatic rings. The molecule has 0 aliphatic carbocycles. The number of hydrogen-bond acceptors (Lipinski definition) is 0. The van der Waals surface area contributed by atoms with Crippen molar-refractivity contribution in [1.82, 2.24) is 4.98 Å². The second-order valence-electron chi connectivity index (χ2n) is 6.36. The quantitative estimate of drug-likeness (QED) is 0.466. The smallest absolute Gasteiger partial charge is 0.241 e. The molecule has 0 radical (unpaired) electrons. The lowest BCUT2D eigenvalue weighted by molar-refractivity contribution is -0.730. The van der Waals surface area contributed by atoms with Gasteiger partial charge in [-0.2, -0.15) is 0 Å². The number of nitrogens with one attached hydrogen (secondary N) is 1. The molecular weight excluding hydrogens is 268 g/mol. The lowest BCUT2D eigenvalue weighted by Crippen LogP contribution is -2.42. The largest absolute Gasteiger partial charge is 0.250 e. The molecular formula is C20H31N2+. The van der Waals surface area contributed by atoms with Crippen LogP contribution >= 0.6 is 0 Å². The van der Waals surface area contributed by atoms with Gasteiger partial charge in [-0.25, -0.2) is 4.57 Å². The third-order valence-electron chi connectivity index (χ3n) is 4.60. The molecule has 120 valence electrons. The number of benzene rings is 1. The third kappa shape index (κ3) is 5.01. The van der Waals surface area contributed by atoms with Crippen LogP contribution in [-0.4, -0.2) is 4.98 Å². The SMILES string of the molecule is CCCCCC(Cc1ccccc1)C(CCC)[n+]1cc[nH]c1. The Labute approximate surface area is 135 Å². The molecule has 2 heteroatoms. The Morgan fingerprint density at radius 3 is 2.45 bits per heavy atom. The number of imidazole rings is 1. The van der Waals surface area contributed by atoms with Gasteiger partial charge < -0.3 is 0 Å².